The van der Waals surface area contributed by atoms with Crippen LogP contribution in [0.1, 0.15) is 60.3 Å². The number of alkyl carbamates (subject to hydrolysis) is 1. The molecule has 0 aromatic carbocycles. The van der Waals surface area contributed by atoms with Crippen LogP contribution in [0.15, 0.2) is 0 Å². The number of ether oxygens (including phenoxy) is 2. The first-order chi connectivity index (χ1) is 10.6. The molecule has 0 radical (unpaired) electrons. The fourth-order valence-corrected chi connectivity index (χ4v) is 2.08. The largest absolute Gasteiger partial charge is 0.450 e. The number of esters is 1. The molecule has 1 fully saturated rings. The van der Waals surface area contributed by atoms with E-state index in [-0.39, 0.29) is 11.9 Å². The van der Waals surface area contributed by atoms with Crippen molar-refractivity contribution in [1.29, 1.82) is 0 Å². The maximum absolute atomic E-state index is 12.3. The second-order valence-electron chi connectivity index (χ2n) is 6.85. The number of nitrogens with one attached hydrogen (secondary N) is 2. The van der Waals surface area contributed by atoms with Crippen molar-refractivity contribution in [2.45, 2.75) is 84.1 Å². The fraction of sp³-hybridized carbons (Fsp3) is 0.812. The molecule has 1 rings (SSSR count). The second kappa shape index (κ2) is 8.17. The summed E-state index contributed by atoms with van der Waals surface area (Å²) in [5.74, 6) is -0.940. The molecule has 0 unspecified atom stereocenters. The van der Waals surface area contributed by atoms with Gasteiger partial charge in [-0.25, -0.2) is 4.79 Å². The average molecular weight is 328 g/mol. The smallest absolute Gasteiger partial charge is 0.408 e. The highest BCUT2D eigenvalue weighted by molar-refractivity contribution is 5.85. The molecule has 0 aliphatic heterocycles. The molecule has 2 atom stereocenters. The Morgan fingerprint density at radius 1 is 1.22 bits per heavy atom. The van der Waals surface area contributed by atoms with Crippen LogP contribution < -0.4 is 10.6 Å². The lowest BCUT2D eigenvalue weighted by Crippen LogP contribution is -2.53. The zero-order valence-corrected chi connectivity index (χ0v) is 14.6. The van der Waals surface area contributed by atoms with E-state index < -0.39 is 29.8 Å². The topological polar surface area (TPSA) is 93.7 Å². The molecule has 1 aliphatic carbocycles. The summed E-state index contributed by atoms with van der Waals surface area (Å²) in [7, 11) is 0. The molecule has 2 amide bonds. The third-order valence-electron chi connectivity index (χ3n) is 3.14. The van der Waals surface area contributed by atoms with Crippen LogP contribution in [0, 0.1) is 0 Å². The van der Waals surface area contributed by atoms with Gasteiger partial charge in [0.15, 0.2) is 6.10 Å². The van der Waals surface area contributed by atoms with Gasteiger partial charge in [0.1, 0.15) is 5.60 Å². The lowest BCUT2D eigenvalue weighted by atomic mass is 10.0. The van der Waals surface area contributed by atoms with Gasteiger partial charge in [-0.3, -0.25) is 9.59 Å². The van der Waals surface area contributed by atoms with Gasteiger partial charge in [-0.15, -0.1) is 0 Å². The number of rotatable bonds is 7. The number of hydrogen-bond donors (Lipinski definition) is 2. The summed E-state index contributed by atoms with van der Waals surface area (Å²) >= 11 is 0. The summed E-state index contributed by atoms with van der Waals surface area (Å²) in [6.07, 6.45) is 1.38. The van der Waals surface area contributed by atoms with Gasteiger partial charge in [-0.2, -0.15) is 0 Å². The van der Waals surface area contributed by atoms with Gasteiger partial charge >= 0.3 is 12.1 Å². The molecule has 132 valence electrons. The van der Waals surface area contributed by atoms with Gasteiger partial charge in [-0.05, 0) is 40.0 Å². The van der Waals surface area contributed by atoms with Gasteiger partial charge in [0.25, 0.3) is 5.91 Å². The summed E-state index contributed by atoms with van der Waals surface area (Å²) < 4.78 is 10.4. The Bertz CT molecular complexity index is 440. The minimum Gasteiger partial charge on any atom is -0.450 e. The number of hydrogen-bond acceptors (Lipinski definition) is 5. The molecule has 0 spiro atoms. The summed E-state index contributed by atoms with van der Waals surface area (Å²) in [6, 6.07) is -0.484. The van der Waals surface area contributed by atoms with Gasteiger partial charge < -0.3 is 20.1 Å². The van der Waals surface area contributed by atoms with E-state index >= 15 is 0 Å². The molecule has 1 aliphatic rings. The van der Waals surface area contributed by atoms with E-state index in [4.69, 9.17) is 9.47 Å². The Kier molecular flexibility index (Phi) is 6.84. The molecule has 0 saturated heterocycles. The summed E-state index contributed by atoms with van der Waals surface area (Å²) in [4.78, 5) is 35.7. The monoisotopic (exact) mass is 328 g/mol. The van der Waals surface area contributed by atoms with Crippen molar-refractivity contribution in [2.24, 2.45) is 0 Å². The maximum atomic E-state index is 12.3. The molecule has 0 aromatic rings. The van der Waals surface area contributed by atoms with Crippen LogP contribution >= 0.6 is 0 Å². The molecule has 0 bridgehead atoms. The SMILES string of the molecule is CCC[C@H](NC(=O)OC(C)(C)C)[C@H](OC(C)=O)C(=O)NC1CC1. The Morgan fingerprint density at radius 3 is 2.26 bits per heavy atom. The lowest BCUT2D eigenvalue weighted by molar-refractivity contribution is -0.156. The van der Waals surface area contributed by atoms with Gasteiger partial charge in [0.05, 0.1) is 6.04 Å². The zero-order valence-electron chi connectivity index (χ0n) is 14.6. The third-order valence-corrected chi connectivity index (χ3v) is 3.14. The molecular formula is C16H28N2O5. The molecule has 0 heterocycles. The zero-order chi connectivity index (χ0) is 17.6. The number of carbonyl (C=O) groups is 3. The Hall–Kier alpha value is -1.79. The van der Waals surface area contributed by atoms with Crippen molar-refractivity contribution in [3.63, 3.8) is 0 Å². The molecule has 7 heteroatoms. The van der Waals surface area contributed by atoms with Crippen LogP contribution in [-0.2, 0) is 19.1 Å². The highest BCUT2D eigenvalue weighted by Crippen LogP contribution is 2.20. The van der Waals surface area contributed by atoms with E-state index in [1.54, 1.807) is 20.8 Å². The van der Waals surface area contributed by atoms with Gasteiger partial charge in [0.2, 0.25) is 0 Å². The first-order valence-electron chi connectivity index (χ1n) is 8.09. The van der Waals surface area contributed by atoms with Crippen molar-refractivity contribution in [2.75, 3.05) is 0 Å². The predicted octanol–water partition coefficient (Wildman–Crippen LogP) is 1.89. The van der Waals surface area contributed by atoms with E-state index in [1.165, 1.54) is 6.92 Å². The van der Waals surface area contributed by atoms with Crippen LogP contribution in [0.2, 0.25) is 0 Å². The normalized spacial score (nSPS) is 16.9. The van der Waals surface area contributed by atoms with Crippen LogP contribution in [0.25, 0.3) is 0 Å². The number of amides is 2. The van der Waals surface area contributed by atoms with Gasteiger partial charge in [-0.1, -0.05) is 13.3 Å². The van der Waals surface area contributed by atoms with Crippen molar-refractivity contribution in [1.82, 2.24) is 10.6 Å². The van der Waals surface area contributed by atoms with E-state index in [0.29, 0.717) is 6.42 Å². The molecule has 23 heavy (non-hydrogen) atoms. The van der Waals surface area contributed by atoms with Crippen molar-refractivity contribution < 1.29 is 23.9 Å². The standard InChI is InChI=1S/C16H28N2O5/c1-6-7-12(18-15(21)23-16(3,4)5)13(22-10(2)19)14(20)17-11-8-9-11/h11-13H,6-9H2,1-5H3,(H,17,20)(H,18,21)/t12-,13-/m0/s1. The van der Waals surface area contributed by atoms with Crippen LogP contribution in [-0.4, -0.2) is 41.8 Å². The number of carbonyl (C=O) groups excluding carboxylic acids is 3. The van der Waals surface area contributed by atoms with E-state index in [9.17, 15) is 14.4 Å². The van der Waals surface area contributed by atoms with Crippen molar-refractivity contribution in [3.8, 4) is 0 Å². The molecule has 2 N–H and O–H groups in total. The second-order valence-corrected chi connectivity index (χ2v) is 6.85. The first-order valence-corrected chi connectivity index (χ1v) is 8.09. The Labute approximate surface area is 137 Å². The van der Waals surface area contributed by atoms with Crippen LogP contribution in [0.4, 0.5) is 4.79 Å². The van der Waals surface area contributed by atoms with E-state index in [0.717, 1.165) is 19.3 Å². The predicted molar refractivity (Wildman–Crippen MR) is 84.8 cm³/mol. The summed E-state index contributed by atoms with van der Waals surface area (Å²) in [5, 5.41) is 5.47. The third kappa shape index (κ3) is 7.85. The average Bonchev–Trinajstić information content (AvgIpc) is 3.16. The maximum Gasteiger partial charge on any atom is 0.408 e. The molecule has 0 aromatic heterocycles. The van der Waals surface area contributed by atoms with Crippen molar-refractivity contribution in [3.05, 3.63) is 0 Å². The minimum atomic E-state index is -1.06. The highest BCUT2D eigenvalue weighted by Gasteiger charge is 2.35. The quantitative estimate of drug-likeness (QED) is 0.696. The lowest BCUT2D eigenvalue weighted by Gasteiger charge is -2.28. The van der Waals surface area contributed by atoms with E-state index in [1.807, 2.05) is 6.92 Å². The van der Waals surface area contributed by atoms with E-state index in [2.05, 4.69) is 10.6 Å². The van der Waals surface area contributed by atoms with Crippen molar-refractivity contribution >= 4 is 18.0 Å². The molecular weight excluding hydrogens is 300 g/mol. The molecule has 1 saturated carbocycles. The highest BCUT2D eigenvalue weighted by atomic mass is 16.6. The summed E-state index contributed by atoms with van der Waals surface area (Å²) in [6.45, 7) is 8.43. The summed E-state index contributed by atoms with van der Waals surface area (Å²) in [5.41, 5.74) is -0.645. The Morgan fingerprint density at radius 2 is 1.83 bits per heavy atom. The minimum absolute atomic E-state index is 0.143. The fourth-order valence-electron chi connectivity index (χ4n) is 2.08. The van der Waals surface area contributed by atoms with Crippen LogP contribution in [0.3, 0.4) is 0 Å². The first kappa shape index (κ1) is 19.3. The molecule has 7 nitrogen and oxygen atoms in total. The van der Waals surface area contributed by atoms with Crippen LogP contribution in [0.5, 0.6) is 0 Å². The van der Waals surface area contributed by atoms with Gasteiger partial charge in [0, 0.05) is 13.0 Å². The Balaban J connectivity index is 2.78.